The monoisotopic (exact) mass is 363 g/mol. The van der Waals surface area contributed by atoms with Crippen molar-refractivity contribution in [3.8, 4) is 10.8 Å². The molecule has 1 N–H and O–H groups in total. The van der Waals surface area contributed by atoms with Crippen molar-refractivity contribution in [2.24, 2.45) is 0 Å². The lowest BCUT2D eigenvalue weighted by Crippen LogP contribution is -2.56. The van der Waals surface area contributed by atoms with Gasteiger partial charge in [-0.1, -0.05) is 6.07 Å². The van der Waals surface area contributed by atoms with Gasteiger partial charge in [-0.05, 0) is 24.8 Å². The van der Waals surface area contributed by atoms with Gasteiger partial charge in [-0.2, -0.15) is 0 Å². The van der Waals surface area contributed by atoms with Crippen LogP contribution < -0.4 is 0 Å². The molecule has 0 saturated carbocycles. The Kier molecular flexibility index (Phi) is 5.19. The number of thiophene rings is 1. The molecule has 25 heavy (non-hydrogen) atoms. The second kappa shape index (κ2) is 7.55. The molecule has 4 rings (SSSR count). The van der Waals surface area contributed by atoms with Crippen molar-refractivity contribution in [2.45, 2.75) is 32.0 Å². The van der Waals surface area contributed by atoms with Crippen LogP contribution >= 0.6 is 11.3 Å². The van der Waals surface area contributed by atoms with Gasteiger partial charge in [-0.15, -0.1) is 11.3 Å². The topological polar surface area (TPSA) is 62.0 Å². The highest BCUT2D eigenvalue weighted by Crippen LogP contribution is 2.27. The molecule has 2 aromatic heterocycles. The number of likely N-dealkylation sites (tertiary alicyclic amines) is 1. The minimum Gasteiger partial charge on any atom is -0.440 e. The summed E-state index contributed by atoms with van der Waals surface area (Å²) < 4.78 is 11.3. The van der Waals surface area contributed by atoms with E-state index in [0.29, 0.717) is 12.4 Å². The van der Waals surface area contributed by atoms with Crippen LogP contribution in [0.2, 0.25) is 0 Å². The fourth-order valence-electron chi connectivity index (χ4n) is 3.76. The van der Waals surface area contributed by atoms with E-state index in [9.17, 15) is 5.11 Å². The summed E-state index contributed by atoms with van der Waals surface area (Å²) in [6.07, 6.45) is 0.659. The van der Waals surface area contributed by atoms with Crippen LogP contribution in [0.4, 0.5) is 0 Å². The van der Waals surface area contributed by atoms with Crippen LogP contribution in [-0.4, -0.2) is 71.4 Å². The maximum absolute atomic E-state index is 10.6. The predicted molar refractivity (Wildman–Crippen MR) is 96.6 cm³/mol. The summed E-state index contributed by atoms with van der Waals surface area (Å²) in [7, 11) is 0. The molecule has 2 aliphatic heterocycles. The molecule has 2 fully saturated rings. The summed E-state index contributed by atoms with van der Waals surface area (Å²) in [4.78, 5) is 10.4. The number of hydrogen-bond donors (Lipinski definition) is 1. The van der Waals surface area contributed by atoms with Gasteiger partial charge in [0.05, 0.1) is 29.9 Å². The van der Waals surface area contributed by atoms with Crippen LogP contribution in [0.1, 0.15) is 17.9 Å². The summed E-state index contributed by atoms with van der Waals surface area (Å²) in [6, 6.07) is 4.28. The number of oxazole rings is 1. The van der Waals surface area contributed by atoms with Gasteiger partial charge in [0, 0.05) is 38.8 Å². The van der Waals surface area contributed by atoms with Crippen LogP contribution in [-0.2, 0) is 11.3 Å². The van der Waals surface area contributed by atoms with Crippen molar-refractivity contribution < 1.29 is 14.3 Å². The van der Waals surface area contributed by atoms with Gasteiger partial charge in [0.1, 0.15) is 5.76 Å². The highest BCUT2D eigenvalue weighted by atomic mass is 32.1. The first-order valence-corrected chi connectivity index (χ1v) is 9.81. The maximum atomic E-state index is 10.6. The number of aliphatic hydroxyl groups is 1. The number of β-amino-alcohol motifs (C(OH)–C–C–N with tert-alkyl or cyclic N) is 1. The van der Waals surface area contributed by atoms with E-state index in [1.54, 1.807) is 11.3 Å². The number of aromatic nitrogens is 1. The van der Waals surface area contributed by atoms with Crippen molar-refractivity contribution in [3.05, 3.63) is 29.0 Å². The van der Waals surface area contributed by atoms with E-state index >= 15 is 0 Å². The van der Waals surface area contributed by atoms with E-state index in [4.69, 9.17) is 9.15 Å². The van der Waals surface area contributed by atoms with E-state index in [1.165, 1.54) is 0 Å². The molecule has 0 unspecified atom stereocenters. The van der Waals surface area contributed by atoms with Crippen LogP contribution in [0, 0.1) is 6.92 Å². The molecule has 0 aromatic carbocycles. The lowest BCUT2D eigenvalue weighted by Gasteiger charge is -2.42. The molecule has 0 aliphatic carbocycles. The number of ether oxygens (including phenoxy) is 1. The minimum atomic E-state index is -0.323. The molecule has 136 valence electrons. The van der Waals surface area contributed by atoms with Crippen LogP contribution in [0.5, 0.6) is 0 Å². The molecule has 4 heterocycles. The van der Waals surface area contributed by atoms with Crippen molar-refractivity contribution in [1.29, 1.82) is 0 Å². The van der Waals surface area contributed by atoms with Gasteiger partial charge in [-0.3, -0.25) is 9.80 Å². The zero-order chi connectivity index (χ0) is 17.2. The van der Waals surface area contributed by atoms with Gasteiger partial charge in [0.2, 0.25) is 5.89 Å². The fourth-order valence-corrected chi connectivity index (χ4v) is 4.40. The molecule has 0 amide bonds. The molecule has 2 aliphatic rings. The van der Waals surface area contributed by atoms with E-state index in [0.717, 1.165) is 62.1 Å². The number of rotatable bonds is 4. The van der Waals surface area contributed by atoms with Crippen LogP contribution in [0.25, 0.3) is 10.8 Å². The zero-order valence-electron chi connectivity index (χ0n) is 14.6. The van der Waals surface area contributed by atoms with Crippen molar-refractivity contribution in [3.63, 3.8) is 0 Å². The largest absolute Gasteiger partial charge is 0.440 e. The standard InChI is InChI=1S/C18H25N3O3S/c1-13-14(19-18(24-13)17-3-2-10-25-17)11-20-5-4-15(16(22)12-20)21-6-8-23-9-7-21/h2-3,10,15-16,22H,4-9,11-12H2,1H3/t15-,16-/m1/s1. The van der Waals surface area contributed by atoms with E-state index in [2.05, 4.69) is 14.8 Å². The first-order chi connectivity index (χ1) is 12.2. The molecule has 2 atom stereocenters. The molecule has 6 nitrogen and oxygen atoms in total. The van der Waals surface area contributed by atoms with Crippen molar-refractivity contribution >= 4 is 11.3 Å². The summed E-state index contributed by atoms with van der Waals surface area (Å²) in [6.45, 7) is 7.75. The van der Waals surface area contributed by atoms with Gasteiger partial charge >= 0.3 is 0 Å². The summed E-state index contributed by atoms with van der Waals surface area (Å²) in [5, 5.41) is 12.7. The average molecular weight is 363 g/mol. The number of nitrogens with zero attached hydrogens (tertiary/aromatic N) is 3. The Bertz CT molecular complexity index is 682. The number of aliphatic hydroxyl groups excluding tert-OH is 1. The molecule has 2 saturated heterocycles. The highest BCUT2D eigenvalue weighted by molar-refractivity contribution is 7.13. The lowest BCUT2D eigenvalue weighted by atomic mass is 9.99. The number of hydrogen-bond acceptors (Lipinski definition) is 7. The zero-order valence-corrected chi connectivity index (χ0v) is 15.4. The third-order valence-corrected chi connectivity index (χ3v) is 6.00. The smallest absolute Gasteiger partial charge is 0.236 e. The van der Waals surface area contributed by atoms with Gasteiger partial charge < -0.3 is 14.3 Å². The first-order valence-electron chi connectivity index (χ1n) is 8.93. The Balaban J connectivity index is 1.38. The Hall–Kier alpha value is -1.25. The second-order valence-corrected chi connectivity index (χ2v) is 7.75. The quantitative estimate of drug-likeness (QED) is 0.896. The fraction of sp³-hybridized carbons (Fsp3) is 0.611. The van der Waals surface area contributed by atoms with Gasteiger partial charge in [0.15, 0.2) is 0 Å². The van der Waals surface area contributed by atoms with Crippen molar-refractivity contribution in [1.82, 2.24) is 14.8 Å². The summed E-state index contributed by atoms with van der Waals surface area (Å²) in [5.41, 5.74) is 0.973. The van der Waals surface area contributed by atoms with E-state index < -0.39 is 0 Å². The van der Waals surface area contributed by atoms with E-state index in [1.807, 2.05) is 24.4 Å². The van der Waals surface area contributed by atoms with Crippen molar-refractivity contribution in [2.75, 3.05) is 39.4 Å². The van der Waals surface area contributed by atoms with E-state index in [-0.39, 0.29) is 12.1 Å². The maximum Gasteiger partial charge on any atom is 0.236 e. The van der Waals surface area contributed by atoms with Crippen LogP contribution in [0.15, 0.2) is 21.9 Å². The Morgan fingerprint density at radius 1 is 1.32 bits per heavy atom. The summed E-state index contributed by atoms with van der Waals surface area (Å²) >= 11 is 1.64. The second-order valence-electron chi connectivity index (χ2n) is 6.81. The van der Waals surface area contributed by atoms with Gasteiger partial charge in [0.25, 0.3) is 0 Å². The first kappa shape index (κ1) is 17.2. The minimum absolute atomic E-state index is 0.250. The Morgan fingerprint density at radius 2 is 2.16 bits per heavy atom. The normalized spacial score (nSPS) is 26.2. The molecular weight excluding hydrogens is 338 g/mol. The highest BCUT2D eigenvalue weighted by Gasteiger charge is 2.33. The molecule has 2 aromatic rings. The average Bonchev–Trinajstić information content (AvgIpc) is 3.26. The molecule has 0 radical (unpaired) electrons. The third kappa shape index (κ3) is 3.80. The molecule has 7 heteroatoms. The predicted octanol–water partition coefficient (Wildman–Crippen LogP) is 1.98. The molecular formula is C18H25N3O3S. The van der Waals surface area contributed by atoms with Crippen LogP contribution in [0.3, 0.4) is 0 Å². The SMILES string of the molecule is Cc1oc(-c2cccs2)nc1CN1CC[C@@H](N2CCOCC2)[C@H](O)C1. The van der Waals surface area contributed by atoms with Gasteiger partial charge in [-0.25, -0.2) is 4.98 Å². The summed E-state index contributed by atoms with van der Waals surface area (Å²) in [5.74, 6) is 1.57. The number of aryl methyl sites for hydroxylation is 1. The Labute approximate surface area is 152 Å². The lowest BCUT2D eigenvalue weighted by molar-refractivity contribution is -0.0536. The molecule has 0 bridgehead atoms. The third-order valence-electron chi connectivity index (χ3n) is 5.14. The molecule has 0 spiro atoms. The number of morpholine rings is 1. The number of piperidine rings is 1. The Morgan fingerprint density at radius 3 is 2.88 bits per heavy atom.